The van der Waals surface area contributed by atoms with Crippen molar-refractivity contribution in [1.29, 1.82) is 0 Å². The summed E-state index contributed by atoms with van der Waals surface area (Å²) in [6, 6.07) is 4.02. The number of hydrogen-bond donors (Lipinski definition) is 1. The van der Waals surface area contributed by atoms with Gasteiger partial charge in [-0.3, -0.25) is 14.7 Å². The molecule has 0 bridgehead atoms. The fraction of sp³-hybridized carbons (Fsp3) is 0.625. The first-order valence-electron chi connectivity index (χ1n) is 7.44. The first-order valence-corrected chi connectivity index (χ1v) is 7.44. The molecule has 1 aromatic heterocycles. The van der Waals surface area contributed by atoms with Crippen LogP contribution in [0.3, 0.4) is 0 Å². The average Bonchev–Trinajstić information content (AvgIpc) is 2.46. The lowest BCUT2D eigenvalue weighted by Crippen LogP contribution is -2.50. The van der Waals surface area contributed by atoms with Gasteiger partial charge in [0.05, 0.1) is 6.42 Å². The number of carboxylic acids is 1. The third-order valence-electron chi connectivity index (χ3n) is 4.53. The minimum atomic E-state index is -0.680. The number of rotatable bonds is 6. The average molecular weight is 276 g/mol. The molecule has 4 heteroatoms. The van der Waals surface area contributed by atoms with Gasteiger partial charge in [0, 0.05) is 24.5 Å². The number of aliphatic carboxylic acids is 1. The zero-order valence-corrected chi connectivity index (χ0v) is 12.2. The van der Waals surface area contributed by atoms with Crippen LogP contribution < -0.4 is 0 Å². The SMILES string of the molecule is CN(CCc1cccnc1)C1(CC(=O)O)CCCCC1. The van der Waals surface area contributed by atoms with Crippen LogP contribution in [0.1, 0.15) is 44.1 Å². The second-order valence-electron chi connectivity index (χ2n) is 5.89. The van der Waals surface area contributed by atoms with Gasteiger partial charge in [-0.1, -0.05) is 25.3 Å². The van der Waals surface area contributed by atoms with Gasteiger partial charge in [-0.05, 0) is 37.9 Å². The fourth-order valence-electron chi connectivity index (χ4n) is 3.26. The maximum Gasteiger partial charge on any atom is 0.305 e. The minimum absolute atomic E-state index is 0.147. The molecule has 1 aliphatic carbocycles. The maximum atomic E-state index is 11.2. The second kappa shape index (κ2) is 6.84. The second-order valence-corrected chi connectivity index (χ2v) is 5.89. The van der Waals surface area contributed by atoms with Crippen LogP contribution in [-0.2, 0) is 11.2 Å². The summed E-state index contributed by atoms with van der Waals surface area (Å²) in [5.41, 5.74) is 1.06. The molecule has 0 spiro atoms. The normalized spacial score (nSPS) is 18.1. The van der Waals surface area contributed by atoms with E-state index in [4.69, 9.17) is 0 Å². The molecule has 4 nitrogen and oxygen atoms in total. The molecule has 0 saturated heterocycles. The van der Waals surface area contributed by atoms with Crippen LogP contribution in [0, 0.1) is 0 Å². The topological polar surface area (TPSA) is 53.4 Å². The summed E-state index contributed by atoms with van der Waals surface area (Å²) >= 11 is 0. The number of aromatic nitrogens is 1. The van der Waals surface area contributed by atoms with Crippen molar-refractivity contribution in [3.8, 4) is 0 Å². The van der Waals surface area contributed by atoms with E-state index in [9.17, 15) is 9.90 Å². The Labute approximate surface area is 120 Å². The lowest BCUT2D eigenvalue weighted by molar-refractivity contribution is -0.141. The quantitative estimate of drug-likeness (QED) is 0.868. The zero-order chi connectivity index (χ0) is 14.4. The number of likely N-dealkylation sites (N-methyl/N-ethyl adjacent to an activating group) is 1. The monoisotopic (exact) mass is 276 g/mol. The van der Waals surface area contributed by atoms with Crippen molar-refractivity contribution < 1.29 is 9.90 Å². The van der Waals surface area contributed by atoms with E-state index in [1.165, 1.54) is 12.0 Å². The first-order chi connectivity index (χ1) is 9.62. The molecule has 1 N–H and O–H groups in total. The van der Waals surface area contributed by atoms with E-state index in [1.54, 1.807) is 6.20 Å². The molecule has 1 fully saturated rings. The highest BCUT2D eigenvalue weighted by atomic mass is 16.4. The molecule has 0 aromatic carbocycles. The third-order valence-corrected chi connectivity index (χ3v) is 4.53. The van der Waals surface area contributed by atoms with Crippen molar-refractivity contribution >= 4 is 5.97 Å². The zero-order valence-electron chi connectivity index (χ0n) is 12.2. The molecule has 1 aliphatic rings. The van der Waals surface area contributed by atoms with Crippen molar-refractivity contribution in [3.63, 3.8) is 0 Å². The molecular formula is C16H24N2O2. The molecule has 1 aromatic rings. The van der Waals surface area contributed by atoms with E-state index in [0.717, 1.165) is 38.6 Å². The molecule has 20 heavy (non-hydrogen) atoms. The molecule has 1 saturated carbocycles. The first kappa shape index (κ1) is 15.0. The van der Waals surface area contributed by atoms with Crippen LogP contribution in [0.25, 0.3) is 0 Å². The Balaban J connectivity index is 1.99. The Morgan fingerprint density at radius 1 is 1.40 bits per heavy atom. The predicted octanol–water partition coefficient (Wildman–Crippen LogP) is 2.73. The summed E-state index contributed by atoms with van der Waals surface area (Å²) < 4.78 is 0. The standard InChI is InChI=1S/C16H24N2O2/c1-18(11-7-14-6-5-10-17-13-14)16(12-15(19)20)8-3-2-4-9-16/h5-6,10,13H,2-4,7-9,11-12H2,1H3,(H,19,20). The van der Waals surface area contributed by atoms with E-state index < -0.39 is 5.97 Å². The lowest BCUT2D eigenvalue weighted by atomic mass is 9.78. The van der Waals surface area contributed by atoms with Gasteiger partial charge in [-0.25, -0.2) is 0 Å². The highest BCUT2D eigenvalue weighted by Crippen LogP contribution is 2.35. The van der Waals surface area contributed by atoms with Gasteiger partial charge >= 0.3 is 5.97 Å². The summed E-state index contributed by atoms with van der Waals surface area (Å²) in [4.78, 5) is 17.6. The van der Waals surface area contributed by atoms with Crippen LogP contribution >= 0.6 is 0 Å². The highest BCUT2D eigenvalue weighted by Gasteiger charge is 2.37. The molecule has 1 heterocycles. The molecule has 0 unspecified atom stereocenters. The van der Waals surface area contributed by atoms with Crippen molar-refractivity contribution in [2.45, 2.75) is 50.5 Å². The van der Waals surface area contributed by atoms with Crippen molar-refractivity contribution in [3.05, 3.63) is 30.1 Å². The van der Waals surface area contributed by atoms with Crippen LogP contribution in [0.15, 0.2) is 24.5 Å². The molecule has 110 valence electrons. The van der Waals surface area contributed by atoms with E-state index in [1.807, 2.05) is 12.3 Å². The molecular weight excluding hydrogens is 252 g/mol. The number of pyridine rings is 1. The van der Waals surface area contributed by atoms with Crippen LogP contribution in [-0.4, -0.2) is 40.1 Å². The summed E-state index contributed by atoms with van der Waals surface area (Å²) in [5.74, 6) is -0.680. The van der Waals surface area contributed by atoms with E-state index >= 15 is 0 Å². The van der Waals surface area contributed by atoms with Gasteiger partial charge in [0.25, 0.3) is 0 Å². The van der Waals surface area contributed by atoms with Crippen LogP contribution in [0.2, 0.25) is 0 Å². The number of nitrogens with zero attached hydrogens (tertiary/aromatic N) is 2. The summed E-state index contributed by atoms with van der Waals surface area (Å²) in [6.07, 6.45) is 10.4. The van der Waals surface area contributed by atoms with Crippen LogP contribution in [0.5, 0.6) is 0 Å². The Morgan fingerprint density at radius 3 is 2.75 bits per heavy atom. The van der Waals surface area contributed by atoms with Gasteiger partial charge in [0.15, 0.2) is 0 Å². The summed E-state index contributed by atoms with van der Waals surface area (Å²) in [7, 11) is 2.07. The molecule has 0 atom stereocenters. The molecule has 0 amide bonds. The van der Waals surface area contributed by atoms with Crippen molar-refractivity contribution in [2.24, 2.45) is 0 Å². The smallest absolute Gasteiger partial charge is 0.305 e. The van der Waals surface area contributed by atoms with E-state index in [2.05, 4.69) is 23.0 Å². The number of hydrogen-bond acceptors (Lipinski definition) is 3. The summed E-state index contributed by atoms with van der Waals surface area (Å²) in [6.45, 7) is 0.888. The van der Waals surface area contributed by atoms with E-state index in [0.29, 0.717) is 0 Å². The number of carboxylic acid groups (broad SMARTS) is 1. The highest BCUT2D eigenvalue weighted by molar-refractivity contribution is 5.68. The lowest BCUT2D eigenvalue weighted by Gasteiger charge is -2.44. The Bertz CT molecular complexity index is 427. The van der Waals surface area contributed by atoms with Gasteiger partial charge < -0.3 is 5.11 Å². The van der Waals surface area contributed by atoms with Crippen molar-refractivity contribution in [2.75, 3.05) is 13.6 Å². The van der Waals surface area contributed by atoms with Gasteiger partial charge in [-0.2, -0.15) is 0 Å². The fourth-order valence-corrected chi connectivity index (χ4v) is 3.26. The van der Waals surface area contributed by atoms with Crippen LogP contribution in [0.4, 0.5) is 0 Å². The Hall–Kier alpha value is -1.42. The van der Waals surface area contributed by atoms with Gasteiger partial charge in [0.1, 0.15) is 0 Å². The van der Waals surface area contributed by atoms with Crippen molar-refractivity contribution in [1.82, 2.24) is 9.88 Å². The largest absolute Gasteiger partial charge is 0.481 e. The maximum absolute atomic E-state index is 11.2. The summed E-state index contributed by atoms with van der Waals surface area (Å²) in [5, 5.41) is 9.23. The Kier molecular flexibility index (Phi) is 5.12. The predicted molar refractivity (Wildman–Crippen MR) is 78.6 cm³/mol. The molecule has 0 aliphatic heterocycles. The van der Waals surface area contributed by atoms with E-state index in [-0.39, 0.29) is 12.0 Å². The van der Waals surface area contributed by atoms with Gasteiger partial charge in [0.2, 0.25) is 0 Å². The molecule has 0 radical (unpaired) electrons. The Morgan fingerprint density at radius 2 is 2.15 bits per heavy atom. The van der Waals surface area contributed by atoms with Gasteiger partial charge in [-0.15, -0.1) is 0 Å². The molecule has 2 rings (SSSR count). The minimum Gasteiger partial charge on any atom is -0.481 e. The number of carbonyl (C=O) groups is 1. The third kappa shape index (κ3) is 3.79.